The molecule has 2 rings (SSSR count). The number of nitrogens with one attached hydrogen (secondary N) is 3. The molecule has 3 N–H and O–H groups in total. The van der Waals surface area contributed by atoms with Gasteiger partial charge in [0.25, 0.3) is 0 Å². The number of carbonyl (C=O) groups excluding carboxylic acids is 2. The van der Waals surface area contributed by atoms with Crippen LogP contribution in [-0.2, 0) is 11.3 Å². The summed E-state index contributed by atoms with van der Waals surface area (Å²) in [5, 5.41) is 8.17. The molecule has 0 unspecified atom stereocenters. The quantitative estimate of drug-likeness (QED) is 0.760. The van der Waals surface area contributed by atoms with Crippen molar-refractivity contribution < 1.29 is 14.0 Å². The summed E-state index contributed by atoms with van der Waals surface area (Å²) in [7, 11) is 0. The van der Waals surface area contributed by atoms with E-state index < -0.39 is 0 Å². The van der Waals surface area contributed by atoms with Crippen LogP contribution in [0, 0.1) is 5.82 Å². The van der Waals surface area contributed by atoms with Crippen molar-refractivity contribution in [3.63, 3.8) is 0 Å². The van der Waals surface area contributed by atoms with Crippen molar-refractivity contribution >= 4 is 11.9 Å². The Hall–Kier alpha value is -2.11. The predicted octanol–water partition coefficient (Wildman–Crippen LogP) is 0.903. The number of hydrogen-bond donors (Lipinski definition) is 3. The molecule has 1 heterocycles. The Bertz CT molecular complexity index is 451. The standard InChI is InChI=1S/C13H16FN3O2/c14-10-3-1-9(2-4-10)7-16-13(19)17-11-5-6-12(18)15-8-11/h1-4,11H,5-8H2,(H,15,18)(H2,16,17,19)/t11-/m1/s1. The molecule has 1 fully saturated rings. The smallest absolute Gasteiger partial charge is 0.315 e. The van der Waals surface area contributed by atoms with Crippen LogP contribution in [0.3, 0.4) is 0 Å². The van der Waals surface area contributed by atoms with Crippen LogP contribution in [-0.4, -0.2) is 24.5 Å². The fraction of sp³-hybridized carbons (Fsp3) is 0.385. The number of hydrogen-bond acceptors (Lipinski definition) is 2. The number of carbonyl (C=O) groups is 2. The van der Waals surface area contributed by atoms with Gasteiger partial charge in [-0.2, -0.15) is 0 Å². The fourth-order valence-corrected chi connectivity index (χ4v) is 1.88. The number of urea groups is 1. The van der Waals surface area contributed by atoms with Crippen molar-refractivity contribution in [2.24, 2.45) is 0 Å². The number of halogens is 1. The zero-order chi connectivity index (χ0) is 13.7. The minimum absolute atomic E-state index is 0.0183. The van der Waals surface area contributed by atoms with Crippen LogP contribution in [0.2, 0.25) is 0 Å². The lowest BCUT2D eigenvalue weighted by atomic mass is 10.1. The average molecular weight is 265 g/mol. The van der Waals surface area contributed by atoms with Gasteiger partial charge in [0.15, 0.2) is 0 Å². The van der Waals surface area contributed by atoms with E-state index in [9.17, 15) is 14.0 Å². The SMILES string of the molecule is O=C1CC[C@@H](NC(=O)NCc2ccc(F)cc2)CN1. The van der Waals surface area contributed by atoms with Crippen molar-refractivity contribution in [1.82, 2.24) is 16.0 Å². The third-order valence-corrected chi connectivity index (χ3v) is 2.97. The molecule has 0 aromatic heterocycles. The van der Waals surface area contributed by atoms with E-state index in [1.54, 1.807) is 12.1 Å². The summed E-state index contributed by atoms with van der Waals surface area (Å²) in [6, 6.07) is 5.63. The molecule has 6 heteroatoms. The van der Waals surface area contributed by atoms with Gasteiger partial charge < -0.3 is 16.0 Å². The first-order valence-electron chi connectivity index (χ1n) is 6.19. The van der Waals surface area contributed by atoms with Crippen molar-refractivity contribution in [2.75, 3.05) is 6.54 Å². The maximum atomic E-state index is 12.7. The molecular formula is C13H16FN3O2. The molecule has 1 aromatic carbocycles. The van der Waals surface area contributed by atoms with Gasteiger partial charge in [0.05, 0.1) is 0 Å². The van der Waals surface area contributed by atoms with Gasteiger partial charge in [-0.25, -0.2) is 9.18 Å². The zero-order valence-corrected chi connectivity index (χ0v) is 10.4. The van der Waals surface area contributed by atoms with E-state index in [-0.39, 0.29) is 23.8 Å². The summed E-state index contributed by atoms with van der Waals surface area (Å²) in [5.41, 5.74) is 0.827. The Morgan fingerprint density at radius 1 is 1.37 bits per heavy atom. The molecule has 5 nitrogen and oxygen atoms in total. The highest BCUT2D eigenvalue weighted by Crippen LogP contribution is 2.03. The second kappa shape index (κ2) is 6.17. The number of piperidine rings is 1. The number of benzene rings is 1. The molecule has 1 atom stereocenters. The first kappa shape index (κ1) is 13.3. The van der Waals surface area contributed by atoms with Crippen LogP contribution in [0.25, 0.3) is 0 Å². The Morgan fingerprint density at radius 2 is 2.11 bits per heavy atom. The van der Waals surface area contributed by atoms with Crippen molar-refractivity contribution in [3.8, 4) is 0 Å². The average Bonchev–Trinajstić information content (AvgIpc) is 2.41. The molecule has 1 aromatic rings. The van der Waals surface area contributed by atoms with Gasteiger partial charge in [-0.05, 0) is 24.1 Å². The molecule has 0 radical (unpaired) electrons. The van der Waals surface area contributed by atoms with Crippen molar-refractivity contribution in [2.45, 2.75) is 25.4 Å². The summed E-state index contributed by atoms with van der Waals surface area (Å²) < 4.78 is 12.7. The molecule has 102 valence electrons. The van der Waals surface area contributed by atoms with E-state index in [2.05, 4.69) is 16.0 Å². The monoisotopic (exact) mass is 265 g/mol. The van der Waals surface area contributed by atoms with Crippen molar-refractivity contribution in [1.29, 1.82) is 0 Å². The lowest BCUT2D eigenvalue weighted by Crippen LogP contribution is -2.50. The maximum Gasteiger partial charge on any atom is 0.315 e. The predicted molar refractivity (Wildman–Crippen MR) is 67.8 cm³/mol. The summed E-state index contributed by atoms with van der Waals surface area (Å²) in [6.45, 7) is 0.800. The van der Waals surface area contributed by atoms with E-state index in [1.165, 1.54) is 12.1 Å². The molecule has 1 saturated heterocycles. The first-order chi connectivity index (χ1) is 9.13. The van der Waals surface area contributed by atoms with Gasteiger partial charge >= 0.3 is 6.03 Å². The normalized spacial score (nSPS) is 18.6. The third kappa shape index (κ3) is 4.24. The van der Waals surface area contributed by atoms with Gasteiger partial charge in [-0.1, -0.05) is 12.1 Å². The van der Waals surface area contributed by atoms with Crippen LogP contribution in [0.15, 0.2) is 24.3 Å². The molecule has 0 bridgehead atoms. The van der Waals surface area contributed by atoms with Crippen LogP contribution >= 0.6 is 0 Å². The molecule has 19 heavy (non-hydrogen) atoms. The summed E-state index contributed by atoms with van der Waals surface area (Å²) >= 11 is 0. The van der Waals surface area contributed by atoms with Crippen LogP contribution in [0.4, 0.5) is 9.18 Å². The van der Waals surface area contributed by atoms with E-state index in [1.807, 2.05) is 0 Å². The van der Waals surface area contributed by atoms with E-state index in [0.717, 1.165) is 5.56 Å². The molecule has 0 aliphatic carbocycles. The fourth-order valence-electron chi connectivity index (χ4n) is 1.88. The lowest BCUT2D eigenvalue weighted by molar-refractivity contribution is -0.122. The molecule has 0 saturated carbocycles. The highest BCUT2D eigenvalue weighted by molar-refractivity contribution is 5.78. The summed E-state index contributed by atoms with van der Waals surface area (Å²) in [4.78, 5) is 22.6. The van der Waals surface area contributed by atoms with E-state index >= 15 is 0 Å². The van der Waals surface area contributed by atoms with Gasteiger partial charge in [0, 0.05) is 25.6 Å². The molecule has 0 spiro atoms. The summed E-state index contributed by atoms with van der Waals surface area (Å²) in [5.74, 6) is -0.282. The Morgan fingerprint density at radius 3 is 2.74 bits per heavy atom. The largest absolute Gasteiger partial charge is 0.354 e. The van der Waals surface area contributed by atoms with Gasteiger partial charge in [0.1, 0.15) is 5.82 Å². The highest BCUT2D eigenvalue weighted by atomic mass is 19.1. The minimum Gasteiger partial charge on any atom is -0.354 e. The van der Waals surface area contributed by atoms with Gasteiger partial charge in [-0.3, -0.25) is 4.79 Å². The number of rotatable bonds is 3. The van der Waals surface area contributed by atoms with Gasteiger partial charge in [-0.15, -0.1) is 0 Å². The van der Waals surface area contributed by atoms with E-state index in [4.69, 9.17) is 0 Å². The highest BCUT2D eigenvalue weighted by Gasteiger charge is 2.19. The Labute approximate surface area is 110 Å². The topological polar surface area (TPSA) is 70.2 Å². The third-order valence-electron chi connectivity index (χ3n) is 2.97. The van der Waals surface area contributed by atoms with Crippen LogP contribution in [0.5, 0.6) is 0 Å². The second-order valence-corrected chi connectivity index (χ2v) is 4.49. The first-order valence-corrected chi connectivity index (χ1v) is 6.19. The molecule has 3 amide bonds. The van der Waals surface area contributed by atoms with Gasteiger partial charge in [0.2, 0.25) is 5.91 Å². The molecule has 1 aliphatic rings. The number of amides is 3. The lowest BCUT2D eigenvalue weighted by Gasteiger charge is -2.23. The zero-order valence-electron chi connectivity index (χ0n) is 10.4. The van der Waals surface area contributed by atoms with Crippen LogP contribution in [0.1, 0.15) is 18.4 Å². The van der Waals surface area contributed by atoms with Crippen molar-refractivity contribution in [3.05, 3.63) is 35.6 Å². The summed E-state index contributed by atoms with van der Waals surface area (Å²) in [6.07, 6.45) is 1.08. The maximum absolute atomic E-state index is 12.7. The Kier molecular flexibility index (Phi) is 4.33. The van der Waals surface area contributed by atoms with Crippen LogP contribution < -0.4 is 16.0 Å². The van der Waals surface area contributed by atoms with E-state index in [0.29, 0.717) is 25.9 Å². The Balaban J connectivity index is 1.72. The molecular weight excluding hydrogens is 249 g/mol. The minimum atomic E-state index is -0.300. The molecule has 1 aliphatic heterocycles. The second-order valence-electron chi connectivity index (χ2n) is 4.49.